The van der Waals surface area contributed by atoms with Crippen molar-refractivity contribution < 1.29 is 4.74 Å². The molecule has 3 nitrogen and oxygen atoms in total. The van der Waals surface area contributed by atoms with Crippen LogP contribution in [0.2, 0.25) is 0 Å². The Hall–Kier alpha value is -0.450. The lowest BCUT2D eigenvalue weighted by Crippen LogP contribution is -2.36. The summed E-state index contributed by atoms with van der Waals surface area (Å²) in [6, 6.07) is 0.285. The first-order chi connectivity index (χ1) is 7.78. The lowest BCUT2D eigenvalue weighted by Gasteiger charge is -2.36. The molecule has 1 aromatic rings. The molecule has 0 spiro atoms. The highest BCUT2D eigenvalue weighted by Gasteiger charge is 2.30. The third kappa shape index (κ3) is 3.27. The van der Waals surface area contributed by atoms with Crippen LogP contribution in [0.1, 0.15) is 31.1 Å². The Kier molecular flexibility index (Phi) is 4.32. The average molecular weight is 240 g/mol. The van der Waals surface area contributed by atoms with Crippen molar-refractivity contribution in [2.24, 2.45) is 11.7 Å². The second-order valence-electron chi connectivity index (χ2n) is 4.58. The number of aromatic nitrogens is 1. The van der Waals surface area contributed by atoms with Gasteiger partial charge in [0.2, 0.25) is 0 Å². The van der Waals surface area contributed by atoms with Crippen LogP contribution in [0, 0.1) is 5.92 Å². The molecule has 1 unspecified atom stereocenters. The lowest BCUT2D eigenvalue weighted by molar-refractivity contribution is -0.0280. The Morgan fingerprint density at radius 2 is 2.44 bits per heavy atom. The molecule has 2 N–H and O–H groups in total. The number of ether oxygens (including phenoxy) is 1. The van der Waals surface area contributed by atoms with E-state index in [9.17, 15) is 0 Å². The molecule has 1 aromatic heterocycles. The molecule has 0 saturated heterocycles. The third-order valence-corrected chi connectivity index (χ3v) is 3.98. The minimum atomic E-state index is 0.285. The van der Waals surface area contributed by atoms with Gasteiger partial charge in [0.15, 0.2) is 0 Å². The molecule has 1 saturated carbocycles. The summed E-state index contributed by atoms with van der Waals surface area (Å²) in [5, 5.41) is 0. The highest BCUT2D eigenvalue weighted by Crippen LogP contribution is 2.33. The van der Waals surface area contributed by atoms with Gasteiger partial charge >= 0.3 is 0 Å². The number of rotatable bonds is 6. The zero-order valence-corrected chi connectivity index (χ0v) is 10.6. The standard InChI is InChI=1S/C12H20N2OS/c1-2-15-11-4-9(5-11)3-10(13)6-12-7-14-8-16-12/h7-11H,2-6,13H2,1H3. The van der Waals surface area contributed by atoms with E-state index < -0.39 is 0 Å². The van der Waals surface area contributed by atoms with Crippen molar-refractivity contribution >= 4 is 11.3 Å². The van der Waals surface area contributed by atoms with Crippen LogP contribution in [-0.2, 0) is 11.2 Å². The van der Waals surface area contributed by atoms with Crippen molar-refractivity contribution in [2.45, 2.75) is 44.8 Å². The van der Waals surface area contributed by atoms with Crippen LogP contribution in [0.15, 0.2) is 11.7 Å². The first-order valence-electron chi connectivity index (χ1n) is 6.02. The van der Waals surface area contributed by atoms with Crippen LogP contribution in [0.4, 0.5) is 0 Å². The first-order valence-corrected chi connectivity index (χ1v) is 6.90. The number of nitrogens with two attached hydrogens (primary N) is 1. The molecule has 0 radical (unpaired) electrons. The minimum absolute atomic E-state index is 0.285. The van der Waals surface area contributed by atoms with E-state index in [4.69, 9.17) is 10.5 Å². The number of hydrogen-bond donors (Lipinski definition) is 1. The van der Waals surface area contributed by atoms with Gasteiger partial charge in [0.05, 0.1) is 11.6 Å². The van der Waals surface area contributed by atoms with E-state index >= 15 is 0 Å². The van der Waals surface area contributed by atoms with E-state index in [1.807, 2.05) is 11.7 Å². The third-order valence-electron chi connectivity index (χ3n) is 3.18. The quantitative estimate of drug-likeness (QED) is 0.829. The molecule has 1 aliphatic carbocycles. The Morgan fingerprint density at radius 1 is 1.62 bits per heavy atom. The molecule has 0 bridgehead atoms. The Balaban J connectivity index is 1.64. The molecule has 90 valence electrons. The number of nitrogens with zero attached hydrogens (tertiary/aromatic N) is 1. The predicted molar refractivity (Wildman–Crippen MR) is 66.5 cm³/mol. The van der Waals surface area contributed by atoms with Crippen molar-refractivity contribution in [3.8, 4) is 0 Å². The molecular weight excluding hydrogens is 220 g/mol. The second-order valence-corrected chi connectivity index (χ2v) is 5.55. The van der Waals surface area contributed by atoms with E-state index in [1.54, 1.807) is 11.3 Å². The van der Waals surface area contributed by atoms with Crippen LogP contribution in [-0.4, -0.2) is 23.7 Å². The maximum Gasteiger partial charge on any atom is 0.0794 e. The summed E-state index contributed by atoms with van der Waals surface area (Å²) in [6.07, 6.45) is 6.93. The molecule has 1 heterocycles. The van der Waals surface area contributed by atoms with E-state index in [2.05, 4.69) is 11.9 Å². The van der Waals surface area contributed by atoms with E-state index in [0.717, 1.165) is 25.4 Å². The largest absolute Gasteiger partial charge is 0.378 e. The smallest absolute Gasteiger partial charge is 0.0794 e. The Morgan fingerprint density at radius 3 is 3.06 bits per heavy atom. The fraction of sp³-hybridized carbons (Fsp3) is 0.750. The molecule has 0 aromatic carbocycles. The molecule has 1 fully saturated rings. The zero-order chi connectivity index (χ0) is 11.4. The molecule has 4 heteroatoms. The molecule has 1 aliphatic rings. The highest BCUT2D eigenvalue weighted by molar-refractivity contribution is 7.09. The van der Waals surface area contributed by atoms with Crippen LogP contribution in [0.3, 0.4) is 0 Å². The molecular formula is C12H20N2OS. The summed E-state index contributed by atoms with van der Waals surface area (Å²) >= 11 is 1.70. The van der Waals surface area contributed by atoms with E-state index in [-0.39, 0.29) is 6.04 Å². The summed E-state index contributed by atoms with van der Waals surface area (Å²) in [5.41, 5.74) is 8.00. The highest BCUT2D eigenvalue weighted by atomic mass is 32.1. The zero-order valence-electron chi connectivity index (χ0n) is 9.76. The van der Waals surface area contributed by atoms with Gasteiger partial charge in [-0.3, -0.25) is 4.98 Å². The molecule has 16 heavy (non-hydrogen) atoms. The SMILES string of the molecule is CCOC1CC(CC(N)Cc2cncs2)C1. The van der Waals surface area contributed by atoms with E-state index in [0.29, 0.717) is 6.10 Å². The maximum atomic E-state index is 6.13. The van der Waals surface area contributed by atoms with Crippen molar-refractivity contribution in [3.63, 3.8) is 0 Å². The van der Waals surface area contributed by atoms with Crippen molar-refractivity contribution in [2.75, 3.05) is 6.61 Å². The van der Waals surface area contributed by atoms with Gasteiger partial charge in [-0.2, -0.15) is 0 Å². The lowest BCUT2D eigenvalue weighted by atomic mass is 9.78. The first kappa shape index (κ1) is 12.0. The van der Waals surface area contributed by atoms with Crippen molar-refractivity contribution in [1.29, 1.82) is 0 Å². The topological polar surface area (TPSA) is 48.1 Å². The van der Waals surface area contributed by atoms with Gasteiger partial charge in [-0.05, 0) is 38.5 Å². The van der Waals surface area contributed by atoms with Gasteiger partial charge in [0.1, 0.15) is 0 Å². The summed E-state index contributed by atoms with van der Waals surface area (Å²) in [7, 11) is 0. The van der Waals surface area contributed by atoms with Gasteiger partial charge < -0.3 is 10.5 Å². The number of hydrogen-bond acceptors (Lipinski definition) is 4. The maximum absolute atomic E-state index is 6.13. The molecule has 2 rings (SSSR count). The fourth-order valence-electron chi connectivity index (χ4n) is 2.35. The van der Waals surface area contributed by atoms with Gasteiger partial charge in [-0.15, -0.1) is 11.3 Å². The fourth-order valence-corrected chi connectivity index (χ4v) is 3.04. The van der Waals surface area contributed by atoms with Gasteiger partial charge in [0.25, 0.3) is 0 Å². The Bertz CT molecular complexity index is 296. The normalized spacial score (nSPS) is 26.4. The molecule has 0 amide bonds. The minimum Gasteiger partial charge on any atom is -0.378 e. The average Bonchev–Trinajstić information content (AvgIpc) is 2.67. The van der Waals surface area contributed by atoms with Crippen LogP contribution in [0.25, 0.3) is 0 Å². The Labute approximate surface area is 101 Å². The van der Waals surface area contributed by atoms with Crippen LogP contribution < -0.4 is 5.73 Å². The molecule has 0 aliphatic heterocycles. The van der Waals surface area contributed by atoms with Gasteiger partial charge in [-0.25, -0.2) is 0 Å². The summed E-state index contributed by atoms with van der Waals surface area (Å²) in [5.74, 6) is 0.777. The predicted octanol–water partition coefficient (Wildman–Crippen LogP) is 2.22. The summed E-state index contributed by atoms with van der Waals surface area (Å²) < 4.78 is 5.55. The second kappa shape index (κ2) is 5.75. The summed E-state index contributed by atoms with van der Waals surface area (Å²) in [4.78, 5) is 5.37. The van der Waals surface area contributed by atoms with E-state index in [1.165, 1.54) is 17.7 Å². The van der Waals surface area contributed by atoms with Crippen LogP contribution in [0.5, 0.6) is 0 Å². The molecule has 1 atom stereocenters. The van der Waals surface area contributed by atoms with Crippen molar-refractivity contribution in [1.82, 2.24) is 4.98 Å². The number of thiazole rings is 1. The van der Waals surface area contributed by atoms with Crippen molar-refractivity contribution in [3.05, 3.63) is 16.6 Å². The summed E-state index contributed by atoms with van der Waals surface area (Å²) in [6.45, 7) is 2.90. The monoisotopic (exact) mass is 240 g/mol. The van der Waals surface area contributed by atoms with Gasteiger partial charge in [0, 0.05) is 23.7 Å². The van der Waals surface area contributed by atoms with Crippen LogP contribution >= 0.6 is 11.3 Å². The van der Waals surface area contributed by atoms with Gasteiger partial charge in [-0.1, -0.05) is 0 Å².